The van der Waals surface area contributed by atoms with Crippen LogP contribution >= 0.6 is 0 Å². The van der Waals surface area contributed by atoms with Crippen LogP contribution in [-0.2, 0) is 28.6 Å². The molecule has 0 aromatic rings. The molecule has 0 aromatic heterocycles. The molecule has 0 aliphatic rings. The Balaban J connectivity index is 4.22. The largest absolute Gasteiger partial charge is 0.462 e. The van der Waals surface area contributed by atoms with Crippen molar-refractivity contribution in [3.8, 4) is 0 Å². The summed E-state index contributed by atoms with van der Waals surface area (Å²) in [7, 11) is 0. The van der Waals surface area contributed by atoms with Crippen LogP contribution in [0.2, 0.25) is 0 Å². The van der Waals surface area contributed by atoms with Crippen molar-refractivity contribution in [3.63, 3.8) is 0 Å². The molecule has 0 saturated heterocycles. The van der Waals surface area contributed by atoms with Gasteiger partial charge in [0.25, 0.3) is 0 Å². The van der Waals surface area contributed by atoms with E-state index < -0.39 is 6.10 Å². The molecule has 0 N–H and O–H groups in total. The van der Waals surface area contributed by atoms with Gasteiger partial charge in [0.2, 0.25) is 0 Å². The normalized spacial score (nSPS) is 12.1. The highest BCUT2D eigenvalue weighted by Gasteiger charge is 2.20. The van der Waals surface area contributed by atoms with Gasteiger partial charge in [-0.15, -0.1) is 0 Å². The number of rotatable bonds is 71. The summed E-state index contributed by atoms with van der Waals surface area (Å²) in [5, 5.41) is 0. The van der Waals surface area contributed by atoms with Gasteiger partial charge in [0.05, 0.1) is 0 Å². The smallest absolute Gasteiger partial charge is 0.306 e. The third kappa shape index (κ3) is 70.5. The summed E-state index contributed by atoms with van der Waals surface area (Å²) in [5.74, 6) is -0.847. The van der Waals surface area contributed by atoms with Gasteiger partial charge in [0.15, 0.2) is 6.10 Å². The molecule has 0 aromatic carbocycles. The zero-order valence-corrected chi connectivity index (χ0v) is 56.5. The number of allylic oxidation sites excluding steroid dienone is 4. The topological polar surface area (TPSA) is 78.9 Å². The first kappa shape index (κ1) is 80.9. The molecule has 0 aliphatic heterocycles. The molecule has 0 aliphatic carbocycles. The lowest BCUT2D eigenvalue weighted by Crippen LogP contribution is -2.30. The number of carbonyl (C=O) groups is 3. The van der Waals surface area contributed by atoms with Gasteiger partial charge in [-0.2, -0.15) is 0 Å². The first-order chi connectivity index (χ1) is 41.0. The summed E-state index contributed by atoms with van der Waals surface area (Å²) in [4.78, 5) is 38.5. The third-order valence-corrected chi connectivity index (χ3v) is 17.5. The number of ether oxygens (including phenoxy) is 3. The molecule has 6 nitrogen and oxygen atoms in total. The number of unbranched alkanes of at least 4 members (excludes halogenated alkanes) is 56. The number of carbonyl (C=O) groups excluding carboxylic acids is 3. The first-order valence-electron chi connectivity index (χ1n) is 37.8. The standard InChI is InChI=1S/C77H146O6/c1-4-7-10-13-16-19-22-25-28-30-32-34-36-38-39-41-42-44-46-49-52-55-58-61-64-67-70-76(79)82-73-74(72-81-75(78)69-66-63-60-57-54-51-48-27-24-21-18-15-12-9-6-3)83-77(80)71-68-65-62-59-56-53-50-47-45-43-40-37-35-33-31-29-26-23-20-17-14-11-8-5-2/h18,21,27,48,74H,4-17,19-20,22-26,28-47,49-73H2,1-3H3/b21-18-,48-27-. The van der Waals surface area contributed by atoms with Crippen molar-refractivity contribution >= 4 is 17.9 Å². The molecular weight excluding hydrogens is 1020 g/mol. The fourth-order valence-corrected chi connectivity index (χ4v) is 11.8. The maximum absolute atomic E-state index is 13.0. The second-order valence-corrected chi connectivity index (χ2v) is 25.9. The van der Waals surface area contributed by atoms with Crippen LogP contribution < -0.4 is 0 Å². The van der Waals surface area contributed by atoms with Gasteiger partial charge in [-0.25, -0.2) is 0 Å². The number of hydrogen-bond donors (Lipinski definition) is 0. The molecule has 0 spiro atoms. The lowest BCUT2D eigenvalue weighted by Gasteiger charge is -2.18. The van der Waals surface area contributed by atoms with Crippen molar-refractivity contribution < 1.29 is 28.6 Å². The molecule has 1 unspecified atom stereocenters. The van der Waals surface area contributed by atoms with E-state index in [-0.39, 0.29) is 31.1 Å². The number of esters is 3. The zero-order chi connectivity index (χ0) is 59.9. The Labute approximate surface area is 519 Å². The predicted molar refractivity (Wildman–Crippen MR) is 363 cm³/mol. The van der Waals surface area contributed by atoms with Gasteiger partial charge in [-0.1, -0.05) is 385 Å². The van der Waals surface area contributed by atoms with Crippen molar-refractivity contribution in [2.45, 2.75) is 438 Å². The van der Waals surface area contributed by atoms with Gasteiger partial charge < -0.3 is 14.2 Å². The van der Waals surface area contributed by atoms with Crippen LogP contribution in [0.15, 0.2) is 24.3 Å². The fraction of sp³-hybridized carbons (Fsp3) is 0.909. The lowest BCUT2D eigenvalue weighted by molar-refractivity contribution is -0.167. The molecule has 0 fully saturated rings. The van der Waals surface area contributed by atoms with Crippen molar-refractivity contribution in [2.24, 2.45) is 0 Å². The van der Waals surface area contributed by atoms with Crippen LogP contribution in [0.1, 0.15) is 432 Å². The highest BCUT2D eigenvalue weighted by Crippen LogP contribution is 2.20. The molecule has 0 radical (unpaired) electrons. The van der Waals surface area contributed by atoms with Crippen molar-refractivity contribution in [2.75, 3.05) is 13.2 Å². The second-order valence-electron chi connectivity index (χ2n) is 25.9. The van der Waals surface area contributed by atoms with Gasteiger partial charge in [-0.05, 0) is 51.4 Å². The minimum Gasteiger partial charge on any atom is -0.462 e. The molecule has 0 rings (SSSR count). The van der Waals surface area contributed by atoms with Gasteiger partial charge >= 0.3 is 17.9 Å². The van der Waals surface area contributed by atoms with E-state index in [9.17, 15) is 14.4 Å². The van der Waals surface area contributed by atoms with E-state index in [0.29, 0.717) is 19.3 Å². The Hall–Kier alpha value is -2.11. The summed E-state index contributed by atoms with van der Waals surface area (Å²) in [6.45, 7) is 6.70. The maximum atomic E-state index is 13.0. The Morgan fingerprint density at radius 2 is 0.434 bits per heavy atom. The van der Waals surface area contributed by atoms with Crippen molar-refractivity contribution in [3.05, 3.63) is 24.3 Å². The third-order valence-electron chi connectivity index (χ3n) is 17.5. The molecule has 0 heterocycles. The molecule has 83 heavy (non-hydrogen) atoms. The first-order valence-corrected chi connectivity index (χ1v) is 37.8. The van der Waals surface area contributed by atoms with E-state index in [2.05, 4.69) is 45.1 Å². The van der Waals surface area contributed by atoms with Crippen LogP contribution in [0.4, 0.5) is 0 Å². The Morgan fingerprint density at radius 1 is 0.241 bits per heavy atom. The van der Waals surface area contributed by atoms with E-state index in [1.807, 2.05) is 0 Å². The summed E-state index contributed by atoms with van der Waals surface area (Å²) in [6, 6.07) is 0. The zero-order valence-electron chi connectivity index (χ0n) is 56.5. The van der Waals surface area contributed by atoms with Crippen LogP contribution in [0, 0.1) is 0 Å². The summed E-state index contributed by atoms with van der Waals surface area (Å²) >= 11 is 0. The van der Waals surface area contributed by atoms with Crippen LogP contribution in [0.25, 0.3) is 0 Å². The number of hydrogen-bond acceptors (Lipinski definition) is 6. The molecule has 490 valence electrons. The summed E-state index contributed by atoms with van der Waals surface area (Å²) in [6.07, 6.45) is 89.4. The Kier molecular flexibility index (Phi) is 70.5. The maximum Gasteiger partial charge on any atom is 0.306 e. The SMILES string of the molecule is CCCCC/C=C\C/C=C\CCCCCCCC(=O)OCC(COC(=O)CCCCCCCCCCCCCCCCCCCCCCCCCCCC)OC(=O)CCCCCCCCCCCCCCCCCCCCCCCCCC. The predicted octanol–water partition coefficient (Wildman–Crippen LogP) is 26.1. The summed E-state index contributed by atoms with van der Waals surface area (Å²) < 4.78 is 17.0. The average Bonchev–Trinajstić information content (AvgIpc) is 3.50. The highest BCUT2D eigenvalue weighted by atomic mass is 16.6. The monoisotopic (exact) mass is 1170 g/mol. The lowest BCUT2D eigenvalue weighted by atomic mass is 10.0. The fourth-order valence-electron chi connectivity index (χ4n) is 11.8. The molecule has 6 heteroatoms. The molecular formula is C77H146O6. The van der Waals surface area contributed by atoms with Gasteiger partial charge in [0.1, 0.15) is 13.2 Å². The van der Waals surface area contributed by atoms with Crippen LogP contribution in [-0.4, -0.2) is 37.2 Å². The molecule has 0 bridgehead atoms. The van der Waals surface area contributed by atoms with Gasteiger partial charge in [-0.3, -0.25) is 14.4 Å². The Bertz CT molecular complexity index is 1340. The van der Waals surface area contributed by atoms with E-state index in [4.69, 9.17) is 14.2 Å². The second kappa shape index (κ2) is 72.4. The summed E-state index contributed by atoms with van der Waals surface area (Å²) in [5.41, 5.74) is 0. The highest BCUT2D eigenvalue weighted by molar-refractivity contribution is 5.71. The molecule has 1 atom stereocenters. The quantitative estimate of drug-likeness (QED) is 0.0261. The van der Waals surface area contributed by atoms with Crippen molar-refractivity contribution in [1.82, 2.24) is 0 Å². The molecule has 0 amide bonds. The van der Waals surface area contributed by atoms with Crippen molar-refractivity contribution in [1.29, 1.82) is 0 Å². The van der Waals surface area contributed by atoms with Crippen LogP contribution in [0.5, 0.6) is 0 Å². The Morgan fingerprint density at radius 3 is 0.687 bits per heavy atom. The van der Waals surface area contributed by atoms with E-state index in [1.165, 1.54) is 315 Å². The van der Waals surface area contributed by atoms with Gasteiger partial charge in [0, 0.05) is 19.3 Å². The molecule has 0 saturated carbocycles. The van der Waals surface area contributed by atoms with Crippen LogP contribution in [0.3, 0.4) is 0 Å². The minimum absolute atomic E-state index is 0.0690. The average molecular weight is 1170 g/mol. The van der Waals surface area contributed by atoms with E-state index >= 15 is 0 Å². The van der Waals surface area contributed by atoms with E-state index in [0.717, 1.165) is 77.0 Å². The minimum atomic E-state index is -0.775. The van der Waals surface area contributed by atoms with E-state index in [1.54, 1.807) is 0 Å².